The fourth-order valence-corrected chi connectivity index (χ4v) is 2.36. The average Bonchev–Trinajstić information content (AvgIpc) is 2.86. The van der Waals surface area contributed by atoms with E-state index in [-0.39, 0.29) is 5.91 Å². The van der Waals surface area contributed by atoms with Crippen molar-refractivity contribution in [2.45, 2.75) is 12.8 Å². The van der Waals surface area contributed by atoms with Gasteiger partial charge in [-0.25, -0.2) is 4.98 Å². The molecule has 1 aliphatic heterocycles. The van der Waals surface area contributed by atoms with E-state index in [4.69, 9.17) is 5.73 Å². The number of carbonyl (C=O) groups is 1. The minimum atomic E-state index is 0.103. The van der Waals surface area contributed by atoms with E-state index in [2.05, 4.69) is 4.98 Å². The second-order valence-corrected chi connectivity index (χ2v) is 4.65. The maximum Gasteiger partial charge on any atom is 0.228 e. The lowest BCUT2D eigenvalue weighted by atomic mass is 10.1. The molecule has 1 amide bonds. The van der Waals surface area contributed by atoms with Crippen LogP contribution >= 0.6 is 0 Å². The Labute approximate surface area is 111 Å². The van der Waals surface area contributed by atoms with E-state index in [1.165, 1.54) is 0 Å². The van der Waals surface area contributed by atoms with E-state index in [1.54, 1.807) is 11.1 Å². The Hall–Kier alpha value is -2.36. The van der Waals surface area contributed by atoms with Gasteiger partial charge in [-0.3, -0.25) is 9.69 Å². The lowest BCUT2D eigenvalue weighted by molar-refractivity contribution is -0.117. The number of pyridine rings is 1. The Balaban J connectivity index is 1.96. The zero-order valence-electron chi connectivity index (χ0n) is 10.5. The third-order valence-corrected chi connectivity index (χ3v) is 3.33. The van der Waals surface area contributed by atoms with Crippen LogP contribution in [0.25, 0.3) is 11.1 Å². The molecule has 96 valence electrons. The van der Waals surface area contributed by atoms with Crippen molar-refractivity contribution in [3.63, 3.8) is 0 Å². The van der Waals surface area contributed by atoms with Crippen molar-refractivity contribution in [2.24, 2.45) is 0 Å². The zero-order chi connectivity index (χ0) is 13.2. The molecule has 0 saturated carbocycles. The molecule has 0 bridgehead atoms. The third kappa shape index (κ3) is 2.17. The third-order valence-electron chi connectivity index (χ3n) is 3.33. The number of nitrogens with zero attached hydrogens (tertiary/aromatic N) is 2. The van der Waals surface area contributed by atoms with E-state index in [1.807, 2.05) is 36.4 Å². The first kappa shape index (κ1) is 11.7. The summed E-state index contributed by atoms with van der Waals surface area (Å²) in [5, 5.41) is 0. The summed E-state index contributed by atoms with van der Waals surface area (Å²) in [7, 11) is 0. The first-order valence-corrected chi connectivity index (χ1v) is 6.37. The second kappa shape index (κ2) is 4.72. The second-order valence-electron chi connectivity index (χ2n) is 4.65. The van der Waals surface area contributed by atoms with Crippen LogP contribution < -0.4 is 10.6 Å². The number of carbonyl (C=O) groups excluding carboxylic acids is 1. The van der Waals surface area contributed by atoms with E-state index >= 15 is 0 Å². The van der Waals surface area contributed by atoms with Gasteiger partial charge in [-0.05, 0) is 18.1 Å². The predicted octanol–water partition coefficient (Wildman–Crippen LogP) is 2.46. The summed E-state index contributed by atoms with van der Waals surface area (Å²) < 4.78 is 0. The molecule has 0 atom stereocenters. The number of nitrogen functional groups attached to an aromatic ring is 1. The molecule has 0 aliphatic carbocycles. The fraction of sp³-hybridized carbons (Fsp3) is 0.200. The smallest absolute Gasteiger partial charge is 0.228 e. The highest BCUT2D eigenvalue weighted by Gasteiger charge is 2.24. The van der Waals surface area contributed by atoms with Crippen LogP contribution in [0.4, 0.5) is 11.5 Å². The summed E-state index contributed by atoms with van der Waals surface area (Å²) in [5.41, 5.74) is 8.63. The van der Waals surface area contributed by atoms with Gasteiger partial charge in [-0.15, -0.1) is 0 Å². The highest BCUT2D eigenvalue weighted by molar-refractivity contribution is 5.97. The van der Waals surface area contributed by atoms with Gasteiger partial charge in [-0.1, -0.05) is 30.3 Å². The molecule has 2 N–H and O–H groups in total. The Bertz CT molecular complexity index is 610. The number of hydrogen-bond acceptors (Lipinski definition) is 3. The molecule has 3 rings (SSSR count). The van der Waals surface area contributed by atoms with E-state index < -0.39 is 0 Å². The van der Waals surface area contributed by atoms with Crippen molar-refractivity contribution in [1.29, 1.82) is 0 Å². The molecule has 0 spiro atoms. The van der Waals surface area contributed by atoms with Crippen molar-refractivity contribution in [3.05, 3.63) is 42.6 Å². The maximum absolute atomic E-state index is 11.7. The van der Waals surface area contributed by atoms with Crippen LogP contribution in [-0.4, -0.2) is 17.4 Å². The van der Waals surface area contributed by atoms with E-state index in [0.29, 0.717) is 24.5 Å². The van der Waals surface area contributed by atoms with Crippen molar-refractivity contribution in [3.8, 4) is 11.1 Å². The minimum Gasteiger partial charge on any atom is -0.396 e. The molecule has 19 heavy (non-hydrogen) atoms. The molecule has 0 unspecified atom stereocenters. The number of rotatable bonds is 2. The molecular weight excluding hydrogens is 238 g/mol. The van der Waals surface area contributed by atoms with Crippen LogP contribution in [0.3, 0.4) is 0 Å². The molecule has 4 heteroatoms. The summed E-state index contributed by atoms with van der Waals surface area (Å²) in [6, 6.07) is 11.8. The first-order valence-electron chi connectivity index (χ1n) is 6.37. The van der Waals surface area contributed by atoms with Gasteiger partial charge in [-0.2, -0.15) is 0 Å². The highest BCUT2D eigenvalue weighted by Crippen LogP contribution is 2.29. The fourth-order valence-electron chi connectivity index (χ4n) is 2.36. The molecule has 0 radical (unpaired) electrons. The minimum absolute atomic E-state index is 0.103. The molecule has 1 aliphatic rings. The summed E-state index contributed by atoms with van der Waals surface area (Å²) in [6.07, 6.45) is 3.23. The summed E-state index contributed by atoms with van der Waals surface area (Å²) in [4.78, 5) is 17.8. The summed E-state index contributed by atoms with van der Waals surface area (Å²) >= 11 is 0. The zero-order valence-corrected chi connectivity index (χ0v) is 10.5. The van der Waals surface area contributed by atoms with Crippen LogP contribution in [0.15, 0.2) is 42.6 Å². The highest BCUT2D eigenvalue weighted by atomic mass is 16.2. The van der Waals surface area contributed by atoms with Crippen molar-refractivity contribution in [2.75, 3.05) is 17.2 Å². The monoisotopic (exact) mass is 253 g/mol. The van der Waals surface area contributed by atoms with Crippen LogP contribution in [-0.2, 0) is 4.79 Å². The summed E-state index contributed by atoms with van der Waals surface area (Å²) in [5.74, 6) is 0.689. The van der Waals surface area contributed by atoms with Crippen molar-refractivity contribution < 1.29 is 4.79 Å². The number of nitrogens with two attached hydrogens (primary N) is 1. The van der Waals surface area contributed by atoms with Gasteiger partial charge in [0.05, 0.1) is 5.69 Å². The molecule has 1 aromatic carbocycles. The Kier molecular flexibility index (Phi) is 2.91. The van der Waals surface area contributed by atoms with Gasteiger partial charge in [0.1, 0.15) is 0 Å². The molecular formula is C15H15N3O. The number of aromatic nitrogens is 1. The van der Waals surface area contributed by atoms with Crippen LogP contribution in [0.2, 0.25) is 0 Å². The van der Waals surface area contributed by atoms with Crippen LogP contribution in [0, 0.1) is 0 Å². The molecule has 1 saturated heterocycles. The number of anilines is 2. The normalized spacial score (nSPS) is 14.9. The molecule has 4 nitrogen and oxygen atoms in total. The molecule has 2 aromatic rings. The van der Waals surface area contributed by atoms with Gasteiger partial charge in [0, 0.05) is 24.7 Å². The average molecular weight is 253 g/mol. The van der Waals surface area contributed by atoms with Crippen molar-refractivity contribution in [1.82, 2.24) is 4.98 Å². The topological polar surface area (TPSA) is 59.2 Å². The SMILES string of the molecule is Nc1cc(-c2ccccc2)cnc1N1CCCC1=O. The number of hydrogen-bond donors (Lipinski definition) is 1. The largest absolute Gasteiger partial charge is 0.396 e. The molecule has 1 aromatic heterocycles. The van der Waals surface area contributed by atoms with Crippen molar-refractivity contribution >= 4 is 17.4 Å². The molecule has 1 fully saturated rings. The van der Waals surface area contributed by atoms with Gasteiger partial charge in [0.15, 0.2) is 5.82 Å². The van der Waals surface area contributed by atoms with E-state index in [9.17, 15) is 4.79 Å². The van der Waals surface area contributed by atoms with Gasteiger partial charge in [0.2, 0.25) is 5.91 Å². The standard InChI is InChI=1S/C15H15N3O/c16-13-9-12(11-5-2-1-3-6-11)10-17-15(13)18-8-4-7-14(18)19/h1-3,5-6,9-10H,4,7-8,16H2. The van der Waals surface area contributed by atoms with Gasteiger partial charge >= 0.3 is 0 Å². The lowest BCUT2D eigenvalue weighted by Gasteiger charge is -2.17. The van der Waals surface area contributed by atoms with Crippen LogP contribution in [0.5, 0.6) is 0 Å². The summed E-state index contributed by atoms with van der Waals surface area (Å²) in [6.45, 7) is 0.709. The Morgan fingerprint density at radius 3 is 2.58 bits per heavy atom. The van der Waals surface area contributed by atoms with Gasteiger partial charge in [0.25, 0.3) is 0 Å². The van der Waals surface area contributed by atoms with Gasteiger partial charge < -0.3 is 5.73 Å². The Morgan fingerprint density at radius 1 is 1.16 bits per heavy atom. The first-order chi connectivity index (χ1) is 9.25. The van der Waals surface area contributed by atoms with Crippen LogP contribution in [0.1, 0.15) is 12.8 Å². The van der Waals surface area contributed by atoms with E-state index in [0.717, 1.165) is 17.5 Å². The number of benzene rings is 1. The molecule has 2 heterocycles. The number of amides is 1. The predicted molar refractivity (Wildman–Crippen MR) is 75.7 cm³/mol. The maximum atomic E-state index is 11.7. The quantitative estimate of drug-likeness (QED) is 0.894. The lowest BCUT2D eigenvalue weighted by Crippen LogP contribution is -2.25. The Morgan fingerprint density at radius 2 is 1.95 bits per heavy atom.